The number of aromatic nitrogens is 2. The lowest BCUT2D eigenvalue weighted by atomic mass is 9.69. The van der Waals surface area contributed by atoms with Crippen molar-refractivity contribution in [2.24, 2.45) is 11.3 Å². The topological polar surface area (TPSA) is 44.1 Å². The van der Waals surface area contributed by atoms with Gasteiger partial charge in [0, 0.05) is 25.4 Å². The number of hydrogen-bond donors (Lipinski definition) is 0. The van der Waals surface area contributed by atoms with Crippen molar-refractivity contribution >= 4 is 5.97 Å². The zero-order valence-corrected chi connectivity index (χ0v) is 12.9. The Bertz CT molecular complexity index is 692. The maximum atomic E-state index is 12.9. The third-order valence-corrected chi connectivity index (χ3v) is 5.25. The first-order valence-electron chi connectivity index (χ1n) is 8.11. The zero-order chi connectivity index (χ0) is 15.9. The van der Waals surface area contributed by atoms with Crippen molar-refractivity contribution in [2.75, 3.05) is 0 Å². The van der Waals surface area contributed by atoms with Gasteiger partial charge in [-0.1, -0.05) is 0 Å². The van der Waals surface area contributed by atoms with Gasteiger partial charge in [-0.15, -0.1) is 0 Å². The fourth-order valence-electron chi connectivity index (χ4n) is 3.91. The summed E-state index contributed by atoms with van der Waals surface area (Å²) in [5, 5.41) is 0. The van der Waals surface area contributed by atoms with Gasteiger partial charge in [-0.2, -0.15) is 0 Å². The summed E-state index contributed by atoms with van der Waals surface area (Å²) in [4.78, 5) is 16.7. The van der Waals surface area contributed by atoms with Crippen molar-refractivity contribution < 1.29 is 13.9 Å². The summed E-state index contributed by atoms with van der Waals surface area (Å²) in [6.45, 7) is 1.02. The molecule has 0 atom stereocenters. The Morgan fingerprint density at radius 3 is 2.70 bits per heavy atom. The van der Waals surface area contributed by atoms with Gasteiger partial charge in [0.15, 0.2) is 0 Å². The Kier molecular flexibility index (Phi) is 3.43. The van der Waals surface area contributed by atoms with E-state index in [9.17, 15) is 9.18 Å². The van der Waals surface area contributed by atoms with E-state index >= 15 is 0 Å². The van der Waals surface area contributed by atoms with Crippen LogP contribution in [0.5, 0.6) is 5.75 Å². The van der Waals surface area contributed by atoms with E-state index < -0.39 is 0 Å². The molecule has 1 spiro atoms. The monoisotopic (exact) mass is 314 g/mol. The van der Waals surface area contributed by atoms with Crippen LogP contribution in [0.2, 0.25) is 0 Å². The normalized spacial score (nSPS) is 26.2. The van der Waals surface area contributed by atoms with E-state index in [0.717, 1.165) is 44.5 Å². The number of carbonyl (C=O) groups is 1. The van der Waals surface area contributed by atoms with Gasteiger partial charge in [-0.25, -0.2) is 9.37 Å². The van der Waals surface area contributed by atoms with Crippen LogP contribution in [0.15, 0.2) is 36.7 Å². The second kappa shape index (κ2) is 5.48. The van der Waals surface area contributed by atoms with Crippen LogP contribution in [0, 0.1) is 17.2 Å². The van der Waals surface area contributed by atoms with Crippen molar-refractivity contribution in [3.63, 3.8) is 0 Å². The quantitative estimate of drug-likeness (QED) is 0.630. The Morgan fingerprint density at radius 2 is 2.00 bits per heavy atom. The molecule has 5 heteroatoms. The molecule has 1 aromatic heterocycles. The highest BCUT2D eigenvalue weighted by Gasteiger charge is 2.42. The standard InChI is InChI=1S/C18H19FN2O2/c19-14-1-3-15(4-2-14)23-17(22)13-5-7-18(8-6-13)11-16-20-9-10-21(16)12-18/h1-4,9-10,13H,5-8,11-12H2. The lowest BCUT2D eigenvalue weighted by Crippen LogP contribution is -2.33. The van der Waals surface area contributed by atoms with E-state index in [2.05, 4.69) is 9.55 Å². The fraction of sp³-hybridized carbons (Fsp3) is 0.444. The minimum Gasteiger partial charge on any atom is -0.426 e. The minimum atomic E-state index is -0.330. The molecule has 0 unspecified atom stereocenters. The summed E-state index contributed by atoms with van der Waals surface area (Å²) in [6, 6.07) is 5.60. The average Bonchev–Trinajstić information content (AvgIpc) is 3.09. The van der Waals surface area contributed by atoms with Gasteiger partial charge in [0.05, 0.1) is 5.92 Å². The predicted octanol–water partition coefficient (Wildman–Crippen LogP) is 3.36. The van der Waals surface area contributed by atoms with Gasteiger partial charge in [-0.05, 0) is 55.4 Å². The van der Waals surface area contributed by atoms with E-state index in [1.54, 1.807) is 0 Å². The highest BCUT2D eigenvalue weighted by atomic mass is 19.1. The summed E-state index contributed by atoms with van der Waals surface area (Å²) in [5.41, 5.74) is 0.274. The maximum absolute atomic E-state index is 12.9. The second-order valence-corrected chi connectivity index (χ2v) is 6.80. The average molecular weight is 314 g/mol. The van der Waals surface area contributed by atoms with Crippen LogP contribution >= 0.6 is 0 Å². The molecule has 1 aliphatic heterocycles. The summed E-state index contributed by atoms with van der Waals surface area (Å²) < 4.78 is 20.5. The number of hydrogen-bond acceptors (Lipinski definition) is 3. The summed E-state index contributed by atoms with van der Waals surface area (Å²) in [6.07, 6.45) is 8.67. The van der Waals surface area contributed by atoms with E-state index in [4.69, 9.17) is 4.74 Å². The van der Waals surface area contributed by atoms with Crippen LogP contribution in [0.3, 0.4) is 0 Å². The van der Waals surface area contributed by atoms with E-state index in [0.29, 0.717) is 5.75 Å². The first-order chi connectivity index (χ1) is 11.1. The summed E-state index contributed by atoms with van der Waals surface area (Å²) in [7, 11) is 0. The number of carbonyl (C=O) groups excluding carboxylic acids is 1. The van der Waals surface area contributed by atoms with Gasteiger partial charge in [-0.3, -0.25) is 4.79 Å². The molecule has 1 fully saturated rings. The number of ether oxygens (including phenoxy) is 1. The maximum Gasteiger partial charge on any atom is 0.314 e. The van der Waals surface area contributed by atoms with Gasteiger partial charge >= 0.3 is 5.97 Å². The highest BCUT2D eigenvalue weighted by molar-refractivity contribution is 5.75. The highest BCUT2D eigenvalue weighted by Crippen LogP contribution is 2.46. The molecule has 0 amide bonds. The molecule has 2 aromatic rings. The van der Waals surface area contributed by atoms with Crippen LogP contribution < -0.4 is 4.74 Å². The molecule has 1 aliphatic carbocycles. The van der Waals surface area contributed by atoms with Crippen molar-refractivity contribution in [1.82, 2.24) is 9.55 Å². The zero-order valence-electron chi connectivity index (χ0n) is 12.9. The molecule has 2 aliphatic rings. The first kappa shape index (κ1) is 14.4. The number of nitrogens with zero attached hydrogens (tertiary/aromatic N) is 2. The molecule has 120 valence electrons. The van der Waals surface area contributed by atoms with Crippen LogP contribution in [-0.4, -0.2) is 15.5 Å². The van der Waals surface area contributed by atoms with E-state index in [1.165, 1.54) is 24.3 Å². The molecule has 0 radical (unpaired) electrons. The SMILES string of the molecule is O=C(Oc1ccc(F)cc1)C1CCC2(CC1)Cc1nccn1C2. The fourth-order valence-corrected chi connectivity index (χ4v) is 3.91. The molecule has 1 aromatic carbocycles. The molecule has 4 nitrogen and oxygen atoms in total. The predicted molar refractivity (Wildman–Crippen MR) is 82.4 cm³/mol. The van der Waals surface area contributed by atoms with Crippen molar-refractivity contribution in [3.05, 3.63) is 48.3 Å². The van der Waals surface area contributed by atoms with E-state index in [1.807, 2.05) is 12.4 Å². The molecule has 0 saturated heterocycles. The van der Waals surface area contributed by atoms with Gasteiger partial charge in [0.25, 0.3) is 0 Å². The van der Waals surface area contributed by atoms with Crippen LogP contribution in [0.1, 0.15) is 31.5 Å². The lowest BCUT2D eigenvalue weighted by Gasteiger charge is -2.35. The van der Waals surface area contributed by atoms with Gasteiger partial charge in [0.2, 0.25) is 0 Å². The van der Waals surface area contributed by atoms with Crippen LogP contribution in [-0.2, 0) is 17.8 Å². The molecular formula is C18H19FN2O2. The van der Waals surface area contributed by atoms with Crippen LogP contribution in [0.25, 0.3) is 0 Å². The Morgan fingerprint density at radius 1 is 1.26 bits per heavy atom. The Labute approximate surface area is 134 Å². The largest absolute Gasteiger partial charge is 0.426 e. The summed E-state index contributed by atoms with van der Waals surface area (Å²) in [5.74, 6) is 0.999. The van der Waals surface area contributed by atoms with Gasteiger partial charge < -0.3 is 9.30 Å². The number of imidazole rings is 1. The number of esters is 1. The van der Waals surface area contributed by atoms with Crippen molar-refractivity contribution in [3.8, 4) is 5.75 Å². The molecule has 4 rings (SSSR count). The first-order valence-corrected chi connectivity index (χ1v) is 8.11. The molecule has 1 saturated carbocycles. The molecule has 0 bridgehead atoms. The number of halogens is 1. The number of benzene rings is 1. The molecule has 23 heavy (non-hydrogen) atoms. The smallest absolute Gasteiger partial charge is 0.314 e. The van der Waals surface area contributed by atoms with Crippen LogP contribution in [0.4, 0.5) is 4.39 Å². The Hall–Kier alpha value is -2.17. The molecular weight excluding hydrogens is 295 g/mol. The van der Waals surface area contributed by atoms with Crippen molar-refractivity contribution in [2.45, 2.75) is 38.6 Å². The van der Waals surface area contributed by atoms with Crippen molar-refractivity contribution in [1.29, 1.82) is 0 Å². The minimum absolute atomic E-state index is 0.0569. The third-order valence-electron chi connectivity index (χ3n) is 5.25. The number of fused-ring (bicyclic) bond motifs is 1. The third kappa shape index (κ3) is 2.76. The second-order valence-electron chi connectivity index (χ2n) is 6.80. The van der Waals surface area contributed by atoms with E-state index in [-0.39, 0.29) is 23.1 Å². The van der Waals surface area contributed by atoms with Gasteiger partial charge in [0.1, 0.15) is 17.4 Å². The molecule has 2 heterocycles. The molecule has 0 N–H and O–H groups in total. The lowest BCUT2D eigenvalue weighted by molar-refractivity contribution is -0.140. The number of rotatable bonds is 2. The summed E-state index contributed by atoms with van der Waals surface area (Å²) >= 11 is 0. The Balaban J connectivity index is 1.35.